The molecule has 7 nitrogen and oxygen atoms in total. The highest BCUT2D eigenvalue weighted by Crippen LogP contribution is 2.11. The summed E-state index contributed by atoms with van der Waals surface area (Å²) in [7, 11) is 2.83. The van der Waals surface area contributed by atoms with Gasteiger partial charge in [-0.25, -0.2) is 9.86 Å². The van der Waals surface area contributed by atoms with E-state index in [2.05, 4.69) is 5.32 Å². The first-order valence-electron chi connectivity index (χ1n) is 7.46. The second kappa shape index (κ2) is 8.31. The largest absolute Gasteiger partial charge is 0.444 e. The summed E-state index contributed by atoms with van der Waals surface area (Å²) in [5.74, 6) is -0.410. The molecule has 0 aromatic heterocycles. The molecule has 0 bridgehead atoms. The number of nitrogens with zero attached hydrogens (tertiary/aromatic N) is 2. The van der Waals surface area contributed by atoms with E-state index in [1.165, 1.54) is 14.2 Å². The van der Waals surface area contributed by atoms with Crippen LogP contribution in [0.1, 0.15) is 31.9 Å². The van der Waals surface area contributed by atoms with Gasteiger partial charge in [-0.15, -0.1) is 0 Å². The molecule has 0 fully saturated rings. The quantitative estimate of drug-likeness (QED) is 0.832. The Bertz CT molecular complexity index is 614. The Hall–Kier alpha value is -2.59. The highest BCUT2D eigenvalue weighted by molar-refractivity contribution is 5.85. The number of hydrogen-bond acceptors (Lipinski definition) is 5. The van der Waals surface area contributed by atoms with Gasteiger partial charge in [-0.05, 0) is 38.5 Å². The SMILES string of the molecule is CON(C)C(=O)[C@H](Cc1ccc(C#N)cc1)NC(=O)OC(C)(C)C. The summed E-state index contributed by atoms with van der Waals surface area (Å²) < 4.78 is 5.20. The van der Waals surface area contributed by atoms with Crippen molar-refractivity contribution in [2.24, 2.45) is 0 Å². The molecule has 7 heteroatoms. The number of rotatable bonds is 5. The van der Waals surface area contributed by atoms with Crippen molar-refractivity contribution in [3.05, 3.63) is 35.4 Å². The standard InChI is InChI=1S/C17H23N3O4/c1-17(2,3)24-16(22)19-14(15(21)20(4)23-5)10-12-6-8-13(11-18)9-7-12/h6-9,14H,10H2,1-5H3,(H,19,22)/t14-/m0/s1. The molecule has 1 atom stereocenters. The van der Waals surface area contributed by atoms with Gasteiger partial charge in [-0.3, -0.25) is 9.63 Å². The van der Waals surface area contributed by atoms with Crippen LogP contribution < -0.4 is 5.32 Å². The Balaban J connectivity index is 2.90. The maximum atomic E-state index is 12.4. The Kier molecular flexibility index (Phi) is 6.74. The fourth-order valence-corrected chi connectivity index (χ4v) is 1.91. The van der Waals surface area contributed by atoms with Crippen LogP contribution in [0, 0.1) is 11.3 Å². The molecule has 1 aromatic rings. The highest BCUT2D eigenvalue weighted by Gasteiger charge is 2.27. The number of hydrogen-bond donors (Lipinski definition) is 1. The van der Waals surface area contributed by atoms with Crippen LogP contribution in [0.2, 0.25) is 0 Å². The lowest BCUT2D eigenvalue weighted by Crippen LogP contribution is -2.49. The molecule has 0 radical (unpaired) electrons. The number of carbonyl (C=O) groups is 2. The second-order valence-corrected chi connectivity index (χ2v) is 6.23. The predicted molar refractivity (Wildman–Crippen MR) is 87.8 cm³/mol. The van der Waals surface area contributed by atoms with Crippen LogP contribution in [-0.2, 0) is 20.8 Å². The third kappa shape index (κ3) is 6.26. The number of nitriles is 1. The van der Waals surface area contributed by atoms with E-state index in [1.54, 1.807) is 45.0 Å². The third-order valence-corrected chi connectivity index (χ3v) is 3.10. The van der Waals surface area contributed by atoms with Crippen molar-refractivity contribution >= 4 is 12.0 Å². The van der Waals surface area contributed by atoms with Crippen LogP contribution in [0.25, 0.3) is 0 Å². The van der Waals surface area contributed by atoms with Crippen LogP contribution in [0.4, 0.5) is 4.79 Å². The normalized spacial score (nSPS) is 12.0. The number of likely N-dealkylation sites (N-methyl/N-ethyl adjacent to an activating group) is 1. The van der Waals surface area contributed by atoms with Gasteiger partial charge in [0.1, 0.15) is 11.6 Å². The molecule has 0 aliphatic carbocycles. The highest BCUT2D eigenvalue weighted by atomic mass is 16.7. The van der Waals surface area contributed by atoms with E-state index >= 15 is 0 Å². The molecule has 0 aliphatic rings. The molecule has 1 rings (SSSR count). The van der Waals surface area contributed by atoms with Crippen molar-refractivity contribution in [2.45, 2.75) is 38.8 Å². The number of hydroxylamine groups is 2. The fraction of sp³-hybridized carbons (Fsp3) is 0.471. The molecule has 24 heavy (non-hydrogen) atoms. The molecule has 2 amide bonds. The van der Waals surface area contributed by atoms with Gasteiger partial charge in [-0.1, -0.05) is 12.1 Å². The minimum Gasteiger partial charge on any atom is -0.444 e. The second-order valence-electron chi connectivity index (χ2n) is 6.23. The first-order chi connectivity index (χ1) is 11.2. The van der Waals surface area contributed by atoms with Crippen molar-refractivity contribution in [2.75, 3.05) is 14.2 Å². The zero-order chi connectivity index (χ0) is 18.3. The lowest BCUT2D eigenvalue weighted by Gasteiger charge is -2.25. The lowest BCUT2D eigenvalue weighted by molar-refractivity contribution is -0.171. The average Bonchev–Trinajstić information content (AvgIpc) is 2.51. The first-order valence-corrected chi connectivity index (χ1v) is 7.46. The summed E-state index contributed by atoms with van der Waals surface area (Å²) in [4.78, 5) is 29.3. The van der Waals surface area contributed by atoms with Gasteiger partial charge in [0.05, 0.1) is 18.7 Å². The molecule has 1 aromatic carbocycles. The third-order valence-electron chi connectivity index (χ3n) is 3.10. The summed E-state index contributed by atoms with van der Waals surface area (Å²) in [6.45, 7) is 5.22. The average molecular weight is 333 g/mol. The monoisotopic (exact) mass is 333 g/mol. The summed E-state index contributed by atoms with van der Waals surface area (Å²) in [6.07, 6.45) is -0.434. The van der Waals surface area contributed by atoms with Crippen LogP contribution in [0.15, 0.2) is 24.3 Å². The summed E-state index contributed by atoms with van der Waals surface area (Å²) >= 11 is 0. The topological polar surface area (TPSA) is 91.7 Å². The number of carbonyl (C=O) groups excluding carboxylic acids is 2. The number of alkyl carbamates (subject to hydrolysis) is 1. The van der Waals surface area contributed by atoms with Gasteiger partial charge < -0.3 is 10.1 Å². The van der Waals surface area contributed by atoms with Gasteiger partial charge >= 0.3 is 6.09 Å². The number of amides is 2. The number of benzene rings is 1. The van der Waals surface area contributed by atoms with E-state index in [1.807, 2.05) is 6.07 Å². The van der Waals surface area contributed by atoms with Crippen LogP contribution in [-0.4, -0.2) is 42.9 Å². The molecule has 1 N–H and O–H groups in total. The minimum absolute atomic E-state index is 0.248. The van der Waals surface area contributed by atoms with E-state index in [-0.39, 0.29) is 6.42 Å². The van der Waals surface area contributed by atoms with E-state index < -0.39 is 23.6 Å². The van der Waals surface area contributed by atoms with Crippen molar-refractivity contribution in [1.29, 1.82) is 5.26 Å². The van der Waals surface area contributed by atoms with Crippen molar-refractivity contribution < 1.29 is 19.2 Å². The van der Waals surface area contributed by atoms with Crippen molar-refractivity contribution in [3.8, 4) is 6.07 Å². The van der Waals surface area contributed by atoms with Crippen molar-refractivity contribution in [1.82, 2.24) is 10.4 Å². The Morgan fingerprint density at radius 2 is 1.88 bits per heavy atom. The Labute approximate surface area is 142 Å². The lowest BCUT2D eigenvalue weighted by atomic mass is 10.0. The molecule has 130 valence electrons. The Morgan fingerprint density at radius 3 is 2.33 bits per heavy atom. The van der Waals surface area contributed by atoms with E-state index in [9.17, 15) is 9.59 Å². The van der Waals surface area contributed by atoms with Crippen LogP contribution >= 0.6 is 0 Å². The summed E-state index contributed by atoms with van der Waals surface area (Å²) in [5, 5.41) is 12.4. The van der Waals surface area contributed by atoms with E-state index in [0.717, 1.165) is 10.6 Å². The number of nitrogens with one attached hydrogen (secondary N) is 1. The molecule has 0 spiro atoms. The minimum atomic E-state index is -0.849. The van der Waals surface area contributed by atoms with Gasteiger partial charge in [0, 0.05) is 13.5 Å². The fourth-order valence-electron chi connectivity index (χ4n) is 1.91. The molecule has 0 saturated heterocycles. The molecule has 0 unspecified atom stereocenters. The Morgan fingerprint density at radius 1 is 1.29 bits per heavy atom. The summed E-state index contributed by atoms with van der Waals surface area (Å²) in [6, 6.07) is 7.97. The van der Waals surface area contributed by atoms with Gasteiger partial charge in [-0.2, -0.15) is 5.26 Å². The number of ether oxygens (including phenoxy) is 1. The molecular weight excluding hydrogens is 310 g/mol. The van der Waals surface area contributed by atoms with Crippen LogP contribution in [0.5, 0.6) is 0 Å². The smallest absolute Gasteiger partial charge is 0.408 e. The zero-order valence-electron chi connectivity index (χ0n) is 14.6. The van der Waals surface area contributed by atoms with Crippen LogP contribution in [0.3, 0.4) is 0 Å². The zero-order valence-corrected chi connectivity index (χ0v) is 14.6. The van der Waals surface area contributed by atoms with Gasteiger partial charge in [0.15, 0.2) is 0 Å². The van der Waals surface area contributed by atoms with Gasteiger partial charge in [0.25, 0.3) is 5.91 Å². The predicted octanol–water partition coefficient (Wildman–Crippen LogP) is 2.01. The molecule has 0 aliphatic heterocycles. The summed E-state index contributed by atoms with van der Waals surface area (Å²) in [5.41, 5.74) is 0.655. The van der Waals surface area contributed by atoms with Gasteiger partial charge in [0.2, 0.25) is 0 Å². The molecule has 0 heterocycles. The maximum Gasteiger partial charge on any atom is 0.408 e. The molecule has 0 saturated carbocycles. The van der Waals surface area contributed by atoms with E-state index in [4.69, 9.17) is 14.8 Å². The van der Waals surface area contributed by atoms with Crippen molar-refractivity contribution in [3.63, 3.8) is 0 Å². The maximum absolute atomic E-state index is 12.4. The first kappa shape index (κ1) is 19.5. The molecular formula is C17H23N3O4. The van der Waals surface area contributed by atoms with E-state index in [0.29, 0.717) is 5.56 Å².